The minimum absolute atomic E-state index is 0.146. The van der Waals surface area contributed by atoms with Gasteiger partial charge in [0.15, 0.2) is 18.1 Å². The fourth-order valence-electron chi connectivity index (χ4n) is 2.04. The normalized spacial score (nSPS) is 10.6. The highest BCUT2D eigenvalue weighted by Gasteiger charge is 2.05. The molecule has 6 nitrogen and oxygen atoms in total. The van der Waals surface area contributed by atoms with E-state index in [0.717, 1.165) is 5.56 Å². The summed E-state index contributed by atoms with van der Waals surface area (Å²) < 4.78 is 16.4. The molecule has 138 valence electrons. The first kappa shape index (κ1) is 19.6. The van der Waals surface area contributed by atoms with E-state index in [4.69, 9.17) is 25.8 Å². The minimum Gasteiger partial charge on any atom is -0.490 e. The van der Waals surface area contributed by atoms with Crippen LogP contribution < -0.4 is 19.6 Å². The van der Waals surface area contributed by atoms with E-state index in [1.165, 1.54) is 6.21 Å². The van der Waals surface area contributed by atoms with Crippen LogP contribution in [0.3, 0.4) is 0 Å². The molecule has 0 unspecified atom stereocenters. The topological polar surface area (TPSA) is 69.2 Å². The van der Waals surface area contributed by atoms with Crippen molar-refractivity contribution < 1.29 is 19.0 Å². The fraction of sp³-hybridized carbons (Fsp3) is 0.263. The predicted molar refractivity (Wildman–Crippen MR) is 101 cm³/mol. The summed E-state index contributed by atoms with van der Waals surface area (Å²) in [5.41, 5.74) is 3.19. The van der Waals surface area contributed by atoms with E-state index >= 15 is 0 Å². The second kappa shape index (κ2) is 10.3. The number of halogens is 1. The molecule has 0 bridgehead atoms. The Kier molecular flexibility index (Phi) is 7.76. The second-order valence-electron chi connectivity index (χ2n) is 5.11. The highest BCUT2D eigenvalue weighted by Crippen LogP contribution is 2.27. The number of hydrazone groups is 1. The summed E-state index contributed by atoms with van der Waals surface area (Å²) in [7, 11) is 0. The van der Waals surface area contributed by atoms with Crippen LogP contribution in [0.2, 0.25) is 5.02 Å². The molecule has 0 radical (unpaired) electrons. The third kappa shape index (κ3) is 6.29. The SMILES string of the molecule is CCOc1ccc(/C=N\NC(=O)COc2ccc(Cl)cc2)cc1OCC. The van der Waals surface area contributed by atoms with Gasteiger partial charge in [0.05, 0.1) is 19.4 Å². The van der Waals surface area contributed by atoms with Crippen molar-refractivity contribution in [1.82, 2.24) is 5.43 Å². The highest BCUT2D eigenvalue weighted by atomic mass is 35.5. The third-order valence-corrected chi connectivity index (χ3v) is 3.41. The molecular weight excluding hydrogens is 356 g/mol. The van der Waals surface area contributed by atoms with Gasteiger partial charge in [-0.1, -0.05) is 11.6 Å². The fourth-order valence-corrected chi connectivity index (χ4v) is 2.16. The van der Waals surface area contributed by atoms with Crippen LogP contribution >= 0.6 is 11.6 Å². The first-order valence-corrected chi connectivity index (χ1v) is 8.60. The van der Waals surface area contributed by atoms with Gasteiger partial charge in [-0.2, -0.15) is 5.10 Å². The zero-order valence-corrected chi connectivity index (χ0v) is 15.5. The number of nitrogens with zero attached hydrogens (tertiary/aromatic N) is 1. The number of ether oxygens (including phenoxy) is 3. The zero-order chi connectivity index (χ0) is 18.8. The Hall–Kier alpha value is -2.73. The maximum atomic E-state index is 11.8. The van der Waals surface area contributed by atoms with Crippen molar-refractivity contribution in [2.45, 2.75) is 13.8 Å². The van der Waals surface area contributed by atoms with Crippen LogP contribution in [0.25, 0.3) is 0 Å². The number of amides is 1. The van der Waals surface area contributed by atoms with E-state index in [-0.39, 0.29) is 12.5 Å². The van der Waals surface area contributed by atoms with Gasteiger partial charge in [0.1, 0.15) is 5.75 Å². The predicted octanol–water partition coefficient (Wildman–Crippen LogP) is 3.67. The number of benzene rings is 2. The smallest absolute Gasteiger partial charge is 0.277 e. The van der Waals surface area contributed by atoms with Gasteiger partial charge in [-0.25, -0.2) is 5.43 Å². The number of hydrogen-bond donors (Lipinski definition) is 1. The lowest BCUT2D eigenvalue weighted by atomic mass is 10.2. The van der Waals surface area contributed by atoms with Crippen LogP contribution in [-0.4, -0.2) is 31.9 Å². The van der Waals surface area contributed by atoms with E-state index in [1.54, 1.807) is 36.4 Å². The largest absolute Gasteiger partial charge is 0.490 e. The van der Waals surface area contributed by atoms with E-state index in [1.807, 2.05) is 19.9 Å². The van der Waals surface area contributed by atoms with E-state index in [9.17, 15) is 4.79 Å². The summed E-state index contributed by atoms with van der Waals surface area (Å²) >= 11 is 5.79. The Morgan fingerprint density at radius 3 is 2.42 bits per heavy atom. The van der Waals surface area contributed by atoms with Crippen molar-refractivity contribution in [2.75, 3.05) is 19.8 Å². The summed E-state index contributed by atoms with van der Waals surface area (Å²) in [5, 5.41) is 4.53. The van der Waals surface area contributed by atoms with Crippen molar-refractivity contribution in [1.29, 1.82) is 0 Å². The van der Waals surface area contributed by atoms with Crippen molar-refractivity contribution in [3.8, 4) is 17.2 Å². The minimum atomic E-state index is -0.368. The molecule has 0 aromatic heterocycles. The van der Waals surface area contributed by atoms with Crippen molar-refractivity contribution in [3.05, 3.63) is 53.1 Å². The molecule has 0 spiro atoms. The van der Waals surface area contributed by atoms with Crippen LogP contribution in [0, 0.1) is 0 Å². The van der Waals surface area contributed by atoms with Gasteiger partial charge in [0, 0.05) is 5.02 Å². The first-order valence-electron chi connectivity index (χ1n) is 8.22. The molecule has 0 saturated heterocycles. The van der Waals surface area contributed by atoms with Crippen LogP contribution in [-0.2, 0) is 4.79 Å². The molecule has 0 saturated carbocycles. The van der Waals surface area contributed by atoms with Crippen molar-refractivity contribution in [3.63, 3.8) is 0 Å². The Labute approximate surface area is 157 Å². The van der Waals surface area contributed by atoms with Crippen LogP contribution in [0.1, 0.15) is 19.4 Å². The quantitative estimate of drug-likeness (QED) is 0.535. The molecule has 2 rings (SSSR count). The van der Waals surface area contributed by atoms with Gasteiger partial charge in [0.25, 0.3) is 5.91 Å². The van der Waals surface area contributed by atoms with E-state index in [2.05, 4.69) is 10.5 Å². The van der Waals surface area contributed by atoms with Crippen LogP contribution in [0.15, 0.2) is 47.6 Å². The van der Waals surface area contributed by atoms with Gasteiger partial charge in [-0.15, -0.1) is 0 Å². The van der Waals surface area contributed by atoms with Gasteiger partial charge >= 0.3 is 0 Å². The molecule has 0 aliphatic carbocycles. The molecule has 0 atom stereocenters. The molecule has 1 amide bonds. The van der Waals surface area contributed by atoms with Gasteiger partial charge < -0.3 is 14.2 Å². The van der Waals surface area contributed by atoms with E-state index < -0.39 is 0 Å². The molecule has 0 aliphatic heterocycles. The molecule has 2 aromatic carbocycles. The summed E-state index contributed by atoms with van der Waals surface area (Å²) in [4.78, 5) is 11.8. The molecule has 1 N–H and O–H groups in total. The molecule has 0 aliphatic rings. The summed E-state index contributed by atoms with van der Waals surface area (Å²) in [6.45, 7) is 4.74. The van der Waals surface area contributed by atoms with Crippen LogP contribution in [0.5, 0.6) is 17.2 Å². The molecule has 26 heavy (non-hydrogen) atoms. The maximum absolute atomic E-state index is 11.8. The van der Waals surface area contributed by atoms with Gasteiger partial charge in [-0.3, -0.25) is 4.79 Å². The van der Waals surface area contributed by atoms with Crippen molar-refractivity contribution in [2.24, 2.45) is 5.10 Å². The lowest BCUT2D eigenvalue weighted by Crippen LogP contribution is -2.24. The molecule has 7 heteroatoms. The summed E-state index contributed by atoms with van der Waals surface area (Å²) in [6.07, 6.45) is 1.53. The molecular formula is C19H21ClN2O4. The standard InChI is InChI=1S/C19H21ClN2O4/c1-3-24-17-10-5-14(11-18(17)25-4-2)12-21-22-19(23)13-26-16-8-6-15(20)7-9-16/h5-12H,3-4,13H2,1-2H3,(H,22,23)/b21-12-. The highest BCUT2D eigenvalue weighted by molar-refractivity contribution is 6.30. The van der Waals surface area contributed by atoms with Crippen LogP contribution in [0.4, 0.5) is 0 Å². The van der Waals surface area contributed by atoms with Crippen molar-refractivity contribution >= 4 is 23.7 Å². The Balaban J connectivity index is 1.87. The Bertz CT molecular complexity index is 748. The second-order valence-corrected chi connectivity index (χ2v) is 5.54. The lowest BCUT2D eigenvalue weighted by molar-refractivity contribution is -0.123. The van der Waals surface area contributed by atoms with Gasteiger partial charge in [-0.05, 0) is 61.9 Å². The Morgan fingerprint density at radius 2 is 1.73 bits per heavy atom. The van der Waals surface area contributed by atoms with E-state index in [0.29, 0.717) is 35.5 Å². The average Bonchev–Trinajstić information content (AvgIpc) is 2.64. The summed E-state index contributed by atoms with van der Waals surface area (Å²) in [5.74, 6) is 1.50. The Morgan fingerprint density at radius 1 is 1.04 bits per heavy atom. The zero-order valence-electron chi connectivity index (χ0n) is 14.7. The lowest BCUT2D eigenvalue weighted by Gasteiger charge is -2.11. The monoisotopic (exact) mass is 376 g/mol. The number of hydrogen-bond acceptors (Lipinski definition) is 5. The average molecular weight is 377 g/mol. The molecule has 2 aromatic rings. The summed E-state index contributed by atoms with van der Waals surface area (Å²) in [6, 6.07) is 12.2. The maximum Gasteiger partial charge on any atom is 0.277 e. The number of carbonyl (C=O) groups excluding carboxylic acids is 1. The first-order chi connectivity index (χ1) is 12.6. The molecule has 0 fully saturated rings. The number of nitrogens with one attached hydrogen (secondary N) is 1. The third-order valence-electron chi connectivity index (χ3n) is 3.15. The number of rotatable bonds is 9. The molecule has 0 heterocycles. The number of carbonyl (C=O) groups is 1. The van der Waals surface area contributed by atoms with Gasteiger partial charge in [0.2, 0.25) is 0 Å².